The first-order chi connectivity index (χ1) is 13.6. The van der Waals surface area contributed by atoms with Crippen LogP contribution in [0, 0.1) is 6.92 Å². The Labute approximate surface area is 169 Å². The molecule has 1 amide bonds. The zero-order chi connectivity index (χ0) is 19.5. The van der Waals surface area contributed by atoms with E-state index >= 15 is 0 Å². The van der Waals surface area contributed by atoms with E-state index in [1.54, 1.807) is 11.3 Å². The molecule has 2 heterocycles. The van der Waals surface area contributed by atoms with E-state index in [1.807, 2.05) is 18.2 Å². The third-order valence-corrected chi connectivity index (χ3v) is 5.92. The number of rotatable bonds is 5. The van der Waals surface area contributed by atoms with Gasteiger partial charge in [-0.3, -0.25) is 9.69 Å². The first-order valence-electron chi connectivity index (χ1n) is 9.66. The fourth-order valence-corrected chi connectivity index (χ4v) is 4.47. The fourth-order valence-electron chi connectivity index (χ4n) is 3.56. The molecule has 0 saturated carbocycles. The molecule has 1 N–H and O–H groups in total. The van der Waals surface area contributed by atoms with E-state index in [2.05, 4.69) is 53.3 Å². The van der Waals surface area contributed by atoms with Gasteiger partial charge in [0.15, 0.2) is 0 Å². The lowest BCUT2D eigenvalue weighted by Gasteiger charge is -2.21. The predicted octanol–water partition coefficient (Wildman–Crippen LogP) is 3.89. The topological polar surface area (TPSA) is 54.5 Å². The molecule has 146 valence electrons. The minimum atomic E-state index is 0.0570. The number of ether oxygens (including phenoxy) is 1. The van der Waals surface area contributed by atoms with Gasteiger partial charge < -0.3 is 10.1 Å². The summed E-state index contributed by atoms with van der Waals surface area (Å²) in [7, 11) is 0. The molecule has 1 aliphatic heterocycles. The number of fused-ring (bicyclic) bond motifs is 2. The molecule has 2 aromatic carbocycles. The SMILES string of the molecule is Cc1ccc2c(c1)CN(CCC(=O)NCc1nc3ccccc3s1)C[C@@H](C)O2. The highest BCUT2D eigenvalue weighted by Crippen LogP contribution is 2.26. The Morgan fingerprint density at radius 2 is 2.18 bits per heavy atom. The maximum atomic E-state index is 12.3. The van der Waals surface area contributed by atoms with Crippen LogP contribution < -0.4 is 10.1 Å². The van der Waals surface area contributed by atoms with Crippen LogP contribution >= 0.6 is 11.3 Å². The van der Waals surface area contributed by atoms with Gasteiger partial charge in [-0.25, -0.2) is 4.98 Å². The average Bonchev–Trinajstić information content (AvgIpc) is 3.02. The van der Waals surface area contributed by atoms with E-state index in [0.29, 0.717) is 19.5 Å². The van der Waals surface area contributed by atoms with Crippen molar-refractivity contribution >= 4 is 27.5 Å². The molecule has 1 atom stereocenters. The van der Waals surface area contributed by atoms with E-state index in [1.165, 1.54) is 11.1 Å². The second kappa shape index (κ2) is 8.29. The number of para-hydroxylation sites is 1. The van der Waals surface area contributed by atoms with Crippen molar-refractivity contribution in [3.8, 4) is 5.75 Å². The summed E-state index contributed by atoms with van der Waals surface area (Å²) in [6.45, 7) is 7.00. The van der Waals surface area contributed by atoms with Crippen molar-refractivity contribution in [1.82, 2.24) is 15.2 Å². The number of thiazole rings is 1. The van der Waals surface area contributed by atoms with E-state index in [4.69, 9.17) is 4.74 Å². The normalized spacial score (nSPS) is 17.0. The summed E-state index contributed by atoms with van der Waals surface area (Å²) < 4.78 is 7.19. The number of hydrogen-bond donors (Lipinski definition) is 1. The molecule has 6 heteroatoms. The van der Waals surface area contributed by atoms with Gasteiger partial charge in [0.05, 0.1) is 16.8 Å². The monoisotopic (exact) mass is 395 g/mol. The minimum absolute atomic E-state index is 0.0570. The Hall–Kier alpha value is -2.44. The number of nitrogens with one attached hydrogen (secondary N) is 1. The number of hydrogen-bond acceptors (Lipinski definition) is 5. The van der Waals surface area contributed by atoms with Crippen molar-refractivity contribution in [2.75, 3.05) is 13.1 Å². The average molecular weight is 396 g/mol. The van der Waals surface area contributed by atoms with Gasteiger partial charge in [0, 0.05) is 31.6 Å². The molecule has 1 aromatic heterocycles. The van der Waals surface area contributed by atoms with Crippen molar-refractivity contribution < 1.29 is 9.53 Å². The zero-order valence-corrected chi connectivity index (χ0v) is 17.1. The van der Waals surface area contributed by atoms with E-state index in [-0.39, 0.29) is 12.0 Å². The van der Waals surface area contributed by atoms with E-state index < -0.39 is 0 Å². The van der Waals surface area contributed by atoms with Gasteiger partial charge in [0.2, 0.25) is 5.91 Å². The largest absolute Gasteiger partial charge is 0.489 e. The molecule has 1 aliphatic rings. The highest BCUT2D eigenvalue weighted by molar-refractivity contribution is 7.18. The van der Waals surface area contributed by atoms with Crippen molar-refractivity contribution in [2.45, 2.75) is 39.5 Å². The van der Waals surface area contributed by atoms with Crippen LogP contribution in [-0.4, -0.2) is 35.0 Å². The lowest BCUT2D eigenvalue weighted by Crippen LogP contribution is -2.34. The number of amides is 1. The Bertz CT molecular complexity index is 952. The molecule has 0 unspecified atom stereocenters. The first kappa shape index (κ1) is 18.9. The van der Waals surface area contributed by atoms with Crippen molar-refractivity contribution in [3.05, 3.63) is 58.6 Å². The Kier molecular flexibility index (Phi) is 5.59. The summed E-state index contributed by atoms with van der Waals surface area (Å²) in [6.07, 6.45) is 0.577. The third kappa shape index (κ3) is 4.51. The lowest BCUT2D eigenvalue weighted by atomic mass is 10.1. The van der Waals surface area contributed by atoms with E-state index in [9.17, 15) is 4.79 Å². The smallest absolute Gasteiger partial charge is 0.221 e. The highest BCUT2D eigenvalue weighted by atomic mass is 32.1. The molecule has 5 nitrogen and oxygen atoms in total. The van der Waals surface area contributed by atoms with Crippen LogP contribution in [0.2, 0.25) is 0 Å². The molecular formula is C22H25N3O2S. The van der Waals surface area contributed by atoms with Crippen LogP contribution in [0.25, 0.3) is 10.2 Å². The zero-order valence-electron chi connectivity index (χ0n) is 16.3. The van der Waals surface area contributed by atoms with Gasteiger partial charge >= 0.3 is 0 Å². The second-order valence-corrected chi connectivity index (χ2v) is 8.49. The third-order valence-electron chi connectivity index (χ3n) is 4.88. The number of aromatic nitrogens is 1. The van der Waals surface area contributed by atoms with Crippen molar-refractivity contribution in [3.63, 3.8) is 0 Å². The number of aryl methyl sites for hydroxylation is 1. The maximum absolute atomic E-state index is 12.3. The standard InChI is InChI=1S/C22H25N3O2S/c1-15-7-8-19-17(11-15)14-25(13-16(2)27-19)10-9-21(26)23-12-22-24-18-5-3-4-6-20(18)28-22/h3-8,11,16H,9-10,12-14H2,1-2H3,(H,23,26)/t16-/m1/s1. The Balaban J connectivity index is 1.31. The predicted molar refractivity (Wildman–Crippen MR) is 113 cm³/mol. The number of carbonyl (C=O) groups excluding carboxylic acids is 1. The summed E-state index contributed by atoms with van der Waals surface area (Å²) >= 11 is 1.63. The van der Waals surface area contributed by atoms with Crippen LogP contribution in [0.1, 0.15) is 29.5 Å². The lowest BCUT2D eigenvalue weighted by molar-refractivity contribution is -0.121. The Morgan fingerprint density at radius 1 is 1.32 bits per heavy atom. The summed E-state index contributed by atoms with van der Waals surface area (Å²) in [4.78, 5) is 19.2. The van der Waals surface area contributed by atoms with Gasteiger partial charge in [-0.1, -0.05) is 29.8 Å². The Morgan fingerprint density at radius 3 is 3.04 bits per heavy atom. The molecular weight excluding hydrogens is 370 g/mol. The molecule has 0 bridgehead atoms. The number of carbonyl (C=O) groups is 1. The molecule has 4 rings (SSSR count). The number of nitrogens with zero attached hydrogens (tertiary/aromatic N) is 2. The second-order valence-electron chi connectivity index (χ2n) is 7.38. The molecule has 0 aliphatic carbocycles. The van der Waals surface area contributed by atoms with Gasteiger partial charge in [0.25, 0.3) is 0 Å². The number of benzene rings is 2. The molecule has 0 fully saturated rings. The highest BCUT2D eigenvalue weighted by Gasteiger charge is 2.20. The fraction of sp³-hybridized carbons (Fsp3) is 0.364. The minimum Gasteiger partial charge on any atom is -0.489 e. The summed E-state index contributed by atoms with van der Waals surface area (Å²) in [5.74, 6) is 1.02. The van der Waals surface area contributed by atoms with Gasteiger partial charge in [-0.15, -0.1) is 11.3 Å². The van der Waals surface area contributed by atoms with Gasteiger partial charge in [-0.05, 0) is 32.0 Å². The van der Waals surface area contributed by atoms with Crippen molar-refractivity contribution in [2.24, 2.45) is 0 Å². The maximum Gasteiger partial charge on any atom is 0.221 e. The summed E-state index contributed by atoms with van der Waals surface area (Å²) in [6, 6.07) is 14.4. The van der Waals surface area contributed by atoms with Crippen LogP contribution in [0.4, 0.5) is 0 Å². The molecule has 0 saturated heterocycles. The van der Waals surface area contributed by atoms with Crippen LogP contribution in [0.5, 0.6) is 5.75 Å². The quantitative estimate of drug-likeness (QED) is 0.712. The molecule has 0 radical (unpaired) electrons. The first-order valence-corrected chi connectivity index (χ1v) is 10.5. The van der Waals surface area contributed by atoms with Crippen LogP contribution in [0.15, 0.2) is 42.5 Å². The van der Waals surface area contributed by atoms with Crippen molar-refractivity contribution in [1.29, 1.82) is 0 Å². The molecule has 0 spiro atoms. The van der Waals surface area contributed by atoms with Crippen LogP contribution in [-0.2, 0) is 17.9 Å². The van der Waals surface area contributed by atoms with E-state index in [0.717, 1.165) is 34.1 Å². The van der Waals surface area contributed by atoms with Gasteiger partial charge in [-0.2, -0.15) is 0 Å². The molecule has 3 aromatic rings. The summed E-state index contributed by atoms with van der Waals surface area (Å²) in [5.41, 5.74) is 3.41. The molecule has 28 heavy (non-hydrogen) atoms. The summed E-state index contributed by atoms with van der Waals surface area (Å²) in [5, 5.41) is 3.95. The van der Waals surface area contributed by atoms with Crippen LogP contribution in [0.3, 0.4) is 0 Å². The van der Waals surface area contributed by atoms with Gasteiger partial charge in [0.1, 0.15) is 16.9 Å².